The molecule has 0 atom stereocenters. The standard InChI is InChI=1S/C55H35N5S/c1-2-16-37(17-3-1)58-54-50(60-45-24-10-6-20-41(45)42-21-7-11-25-46(42)60)35-34-49(59-43-22-8-4-18-39(43)40-19-5-9-23-44(40)59)53(54)56-55(58)36-30-32-38(33-31-36)57-47-26-12-14-28-51(47)61-52-29-15-13-27-48(52)57/h1-35H. The first kappa shape index (κ1) is 34.1. The molecule has 0 radical (unpaired) electrons. The molecular weight excluding hydrogens is 763 g/mol. The van der Waals surface area contributed by atoms with Crippen molar-refractivity contribution in [2.75, 3.05) is 4.90 Å². The van der Waals surface area contributed by atoms with Gasteiger partial charge < -0.3 is 14.0 Å². The van der Waals surface area contributed by atoms with Gasteiger partial charge >= 0.3 is 0 Å². The minimum atomic E-state index is 0.873. The van der Waals surface area contributed by atoms with E-state index >= 15 is 0 Å². The Labute approximate surface area is 356 Å². The zero-order chi connectivity index (χ0) is 40.0. The van der Waals surface area contributed by atoms with Gasteiger partial charge in [0.2, 0.25) is 0 Å². The molecule has 0 aliphatic carbocycles. The van der Waals surface area contributed by atoms with Gasteiger partial charge in [0.15, 0.2) is 0 Å². The van der Waals surface area contributed by atoms with Crippen LogP contribution in [0.1, 0.15) is 0 Å². The van der Waals surface area contributed by atoms with E-state index in [0.29, 0.717) is 0 Å². The third-order valence-corrected chi connectivity index (χ3v) is 13.4. The van der Waals surface area contributed by atoms with Crippen molar-refractivity contribution in [2.45, 2.75) is 9.79 Å². The summed E-state index contributed by atoms with van der Waals surface area (Å²) >= 11 is 1.83. The second kappa shape index (κ2) is 13.4. The van der Waals surface area contributed by atoms with Crippen molar-refractivity contribution in [3.8, 4) is 28.5 Å². The molecule has 0 unspecified atom stereocenters. The van der Waals surface area contributed by atoms with E-state index in [1.54, 1.807) is 0 Å². The average Bonchev–Trinajstić information content (AvgIpc) is 4.00. The first-order chi connectivity index (χ1) is 30.3. The van der Waals surface area contributed by atoms with Gasteiger partial charge in [0, 0.05) is 48.3 Å². The van der Waals surface area contributed by atoms with Crippen LogP contribution in [0.5, 0.6) is 0 Å². The third kappa shape index (κ3) is 5.06. The second-order valence-electron chi connectivity index (χ2n) is 15.6. The summed E-state index contributed by atoms with van der Waals surface area (Å²) in [6, 6.07) is 76.5. The number of fused-ring (bicyclic) bond motifs is 9. The van der Waals surface area contributed by atoms with E-state index in [1.165, 1.54) is 42.7 Å². The number of nitrogens with zero attached hydrogens (tertiary/aromatic N) is 5. The number of aromatic nitrogens is 4. The van der Waals surface area contributed by atoms with Crippen LogP contribution < -0.4 is 4.90 Å². The highest BCUT2D eigenvalue weighted by molar-refractivity contribution is 7.99. The summed E-state index contributed by atoms with van der Waals surface area (Å²) < 4.78 is 7.21. The molecular formula is C55H35N5S. The molecule has 0 spiro atoms. The predicted molar refractivity (Wildman–Crippen MR) is 254 cm³/mol. The van der Waals surface area contributed by atoms with Crippen molar-refractivity contribution in [1.29, 1.82) is 0 Å². The highest BCUT2D eigenvalue weighted by Gasteiger charge is 2.27. The molecule has 9 aromatic carbocycles. The van der Waals surface area contributed by atoms with Gasteiger partial charge in [-0.3, -0.25) is 4.57 Å². The number of anilines is 3. The number of hydrogen-bond acceptors (Lipinski definition) is 3. The van der Waals surface area contributed by atoms with E-state index in [4.69, 9.17) is 4.98 Å². The second-order valence-corrected chi connectivity index (χ2v) is 16.7. The fraction of sp³-hybridized carbons (Fsp3) is 0. The highest BCUT2D eigenvalue weighted by Crippen LogP contribution is 2.51. The molecule has 4 heterocycles. The van der Waals surface area contributed by atoms with Crippen LogP contribution in [0, 0.1) is 0 Å². The van der Waals surface area contributed by atoms with Crippen LogP contribution >= 0.6 is 11.8 Å². The van der Waals surface area contributed by atoms with Gasteiger partial charge in [-0.25, -0.2) is 4.98 Å². The number of rotatable bonds is 5. The molecule has 0 saturated carbocycles. The molecule has 286 valence electrons. The van der Waals surface area contributed by atoms with Crippen LogP contribution in [-0.2, 0) is 0 Å². The molecule has 1 aliphatic rings. The topological polar surface area (TPSA) is 30.9 Å². The molecule has 5 nitrogen and oxygen atoms in total. The maximum Gasteiger partial charge on any atom is 0.145 e. The van der Waals surface area contributed by atoms with Crippen LogP contribution in [0.2, 0.25) is 0 Å². The average molecular weight is 798 g/mol. The largest absolute Gasteiger partial charge is 0.308 e. The highest BCUT2D eigenvalue weighted by atomic mass is 32.2. The van der Waals surface area contributed by atoms with Gasteiger partial charge in [0.25, 0.3) is 0 Å². The van der Waals surface area contributed by atoms with Crippen molar-refractivity contribution in [1.82, 2.24) is 18.7 Å². The van der Waals surface area contributed by atoms with Gasteiger partial charge in [-0.05, 0) is 97.1 Å². The van der Waals surface area contributed by atoms with E-state index in [2.05, 4.69) is 231 Å². The quantitative estimate of drug-likeness (QED) is 0.174. The van der Waals surface area contributed by atoms with Gasteiger partial charge in [-0.1, -0.05) is 127 Å². The van der Waals surface area contributed by atoms with Gasteiger partial charge in [0.1, 0.15) is 11.3 Å². The fourth-order valence-electron chi connectivity index (χ4n) is 9.64. The van der Waals surface area contributed by atoms with E-state index in [1.807, 2.05) is 11.8 Å². The maximum atomic E-state index is 5.79. The van der Waals surface area contributed by atoms with E-state index < -0.39 is 0 Å². The van der Waals surface area contributed by atoms with Gasteiger partial charge in [-0.15, -0.1) is 0 Å². The molecule has 3 aromatic heterocycles. The first-order valence-corrected chi connectivity index (χ1v) is 21.5. The molecule has 6 heteroatoms. The number of benzene rings is 9. The number of para-hydroxylation sites is 7. The summed E-state index contributed by atoms with van der Waals surface area (Å²) in [5.41, 5.74) is 14.2. The molecule has 1 aliphatic heterocycles. The summed E-state index contributed by atoms with van der Waals surface area (Å²) in [6.45, 7) is 0. The zero-order valence-electron chi connectivity index (χ0n) is 32.9. The van der Waals surface area contributed by atoms with Crippen LogP contribution in [0.3, 0.4) is 0 Å². The normalized spacial score (nSPS) is 12.5. The monoisotopic (exact) mass is 797 g/mol. The van der Waals surface area contributed by atoms with Crippen molar-refractivity contribution in [3.63, 3.8) is 0 Å². The van der Waals surface area contributed by atoms with Crippen molar-refractivity contribution < 1.29 is 0 Å². The summed E-state index contributed by atoms with van der Waals surface area (Å²) in [5.74, 6) is 0.873. The molecule has 13 rings (SSSR count). The van der Waals surface area contributed by atoms with Crippen LogP contribution in [0.15, 0.2) is 222 Å². The fourth-order valence-corrected chi connectivity index (χ4v) is 10.7. The minimum Gasteiger partial charge on any atom is -0.308 e. The maximum absolute atomic E-state index is 5.79. The molecule has 0 saturated heterocycles. The smallest absolute Gasteiger partial charge is 0.145 e. The Hall–Kier alpha value is -7.80. The molecule has 12 aromatic rings. The van der Waals surface area contributed by atoms with E-state index in [0.717, 1.165) is 67.2 Å². The van der Waals surface area contributed by atoms with E-state index in [-0.39, 0.29) is 0 Å². The molecule has 0 fully saturated rings. The zero-order valence-corrected chi connectivity index (χ0v) is 33.7. The van der Waals surface area contributed by atoms with Crippen molar-refractivity contribution >= 4 is 83.5 Å². The Morgan fingerprint density at radius 2 is 0.770 bits per heavy atom. The van der Waals surface area contributed by atoms with Crippen LogP contribution in [0.4, 0.5) is 17.1 Å². The Morgan fingerprint density at radius 3 is 1.31 bits per heavy atom. The van der Waals surface area contributed by atoms with Crippen LogP contribution in [0.25, 0.3) is 83.1 Å². The van der Waals surface area contributed by atoms with Crippen molar-refractivity contribution in [3.05, 3.63) is 212 Å². The number of imidazole rings is 1. The lowest BCUT2D eigenvalue weighted by molar-refractivity contribution is 1.08. The van der Waals surface area contributed by atoms with E-state index in [9.17, 15) is 0 Å². The Kier molecular flexibility index (Phi) is 7.47. The molecule has 61 heavy (non-hydrogen) atoms. The summed E-state index contributed by atoms with van der Waals surface area (Å²) in [7, 11) is 0. The minimum absolute atomic E-state index is 0.873. The summed E-state index contributed by atoms with van der Waals surface area (Å²) in [6.07, 6.45) is 0. The first-order valence-electron chi connectivity index (χ1n) is 20.6. The lowest BCUT2D eigenvalue weighted by atomic mass is 10.1. The lowest BCUT2D eigenvalue weighted by Gasteiger charge is -2.32. The van der Waals surface area contributed by atoms with Gasteiger partial charge in [-0.2, -0.15) is 0 Å². The Bertz CT molecular complexity index is 3540. The summed E-state index contributed by atoms with van der Waals surface area (Å²) in [4.78, 5) is 10.7. The Morgan fingerprint density at radius 1 is 0.328 bits per heavy atom. The SMILES string of the molecule is c1ccc(-n2c(-c3ccc(N4c5ccccc5Sc5ccccc54)cc3)nc3c(-n4c5ccccc5c5ccccc54)ccc(-n4c5ccccc5c5ccccc54)c32)cc1. The van der Waals surface area contributed by atoms with Crippen molar-refractivity contribution in [2.24, 2.45) is 0 Å². The molecule has 0 amide bonds. The summed E-state index contributed by atoms with van der Waals surface area (Å²) in [5, 5.41) is 4.88. The Balaban J connectivity index is 1.12. The third-order valence-electron chi connectivity index (χ3n) is 12.2. The number of hydrogen-bond donors (Lipinski definition) is 0. The molecule has 0 bridgehead atoms. The lowest BCUT2D eigenvalue weighted by Crippen LogP contribution is -2.14. The predicted octanol–water partition coefficient (Wildman–Crippen LogP) is 14.8. The van der Waals surface area contributed by atoms with Gasteiger partial charge in [0.05, 0.1) is 50.3 Å². The molecule has 0 N–H and O–H groups in total. The van der Waals surface area contributed by atoms with Crippen LogP contribution in [-0.4, -0.2) is 18.7 Å².